The van der Waals surface area contributed by atoms with E-state index in [9.17, 15) is 4.79 Å². The fourth-order valence-corrected chi connectivity index (χ4v) is 4.49. The zero-order valence-corrected chi connectivity index (χ0v) is 14.9. The highest BCUT2D eigenvalue weighted by molar-refractivity contribution is 7.09. The van der Waals surface area contributed by atoms with Gasteiger partial charge in [0.25, 0.3) is 0 Å². The van der Waals surface area contributed by atoms with E-state index in [1.807, 2.05) is 22.5 Å². The first-order chi connectivity index (χ1) is 11.7. The maximum absolute atomic E-state index is 12.7. The lowest BCUT2D eigenvalue weighted by molar-refractivity contribution is -0.135. The van der Waals surface area contributed by atoms with Gasteiger partial charge in [-0.3, -0.25) is 4.79 Å². The number of thiazole rings is 1. The summed E-state index contributed by atoms with van der Waals surface area (Å²) in [4.78, 5) is 19.2. The van der Waals surface area contributed by atoms with Crippen molar-refractivity contribution in [1.82, 2.24) is 9.88 Å². The lowest BCUT2D eigenvalue weighted by Gasteiger charge is -2.34. The Labute approximate surface area is 146 Å². The monoisotopic (exact) mass is 344 g/mol. The number of likely N-dealkylation sites (tertiary alicyclic amines) is 1. The molecule has 0 aromatic carbocycles. The molecule has 1 saturated heterocycles. The Hall–Kier alpha value is -1.62. The second kappa shape index (κ2) is 6.71. The summed E-state index contributed by atoms with van der Waals surface area (Å²) in [5.74, 6) is 3.63. The summed E-state index contributed by atoms with van der Waals surface area (Å²) in [6, 6.07) is 4.31. The predicted octanol–water partition coefficient (Wildman–Crippen LogP) is 4.55. The number of hydrogen-bond acceptors (Lipinski definition) is 4. The van der Waals surface area contributed by atoms with E-state index in [0.717, 1.165) is 41.8 Å². The van der Waals surface area contributed by atoms with E-state index in [0.29, 0.717) is 18.8 Å². The van der Waals surface area contributed by atoms with Crippen molar-refractivity contribution in [3.8, 4) is 0 Å². The Morgan fingerprint density at radius 2 is 2.29 bits per heavy atom. The molecule has 2 aliphatic rings. The van der Waals surface area contributed by atoms with Gasteiger partial charge in [-0.1, -0.05) is 6.92 Å². The van der Waals surface area contributed by atoms with E-state index >= 15 is 0 Å². The smallest absolute Gasteiger partial charge is 0.223 e. The van der Waals surface area contributed by atoms with Crippen molar-refractivity contribution in [2.75, 3.05) is 6.54 Å². The van der Waals surface area contributed by atoms with Crippen LogP contribution in [0.25, 0.3) is 0 Å². The van der Waals surface area contributed by atoms with Gasteiger partial charge in [0, 0.05) is 36.9 Å². The van der Waals surface area contributed by atoms with Gasteiger partial charge >= 0.3 is 0 Å². The number of carbonyl (C=O) groups excluding carboxylic acids is 1. The highest BCUT2D eigenvalue weighted by Gasteiger charge is 2.36. The third-order valence-corrected chi connectivity index (χ3v) is 6.18. The van der Waals surface area contributed by atoms with E-state index in [1.54, 1.807) is 11.3 Å². The van der Waals surface area contributed by atoms with Crippen molar-refractivity contribution in [3.63, 3.8) is 0 Å². The number of carbonyl (C=O) groups is 1. The topological polar surface area (TPSA) is 46.3 Å². The first-order valence-electron chi connectivity index (χ1n) is 9.00. The van der Waals surface area contributed by atoms with E-state index < -0.39 is 0 Å². The molecule has 0 N–H and O–H groups in total. The van der Waals surface area contributed by atoms with E-state index in [2.05, 4.69) is 18.0 Å². The quantitative estimate of drug-likeness (QED) is 0.799. The molecule has 5 heteroatoms. The standard InChI is InChI=1S/C19H24N2O2S/c1-13-12-15(13)17-7-5-14(23-17)6-8-18(22)21-10-3-2-4-16(21)19-20-9-11-24-19/h5,7,9,11,13,15-16H,2-4,6,8,10,12H2,1H3/t13-,15-,16-/m1/s1. The van der Waals surface area contributed by atoms with Gasteiger partial charge in [0.15, 0.2) is 0 Å². The van der Waals surface area contributed by atoms with Crippen LogP contribution in [0.2, 0.25) is 0 Å². The van der Waals surface area contributed by atoms with Crippen LogP contribution in [-0.2, 0) is 11.2 Å². The van der Waals surface area contributed by atoms with Gasteiger partial charge in [0.2, 0.25) is 5.91 Å². The molecule has 3 heterocycles. The van der Waals surface area contributed by atoms with Gasteiger partial charge in [0.1, 0.15) is 16.5 Å². The predicted molar refractivity (Wildman–Crippen MR) is 94.0 cm³/mol. The summed E-state index contributed by atoms with van der Waals surface area (Å²) >= 11 is 1.66. The van der Waals surface area contributed by atoms with Gasteiger partial charge < -0.3 is 9.32 Å². The highest BCUT2D eigenvalue weighted by Crippen LogP contribution is 2.47. The molecular weight excluding hydrogens is 320 g/mol. The molecule has 2 aromatic rings. The second-order valence-electron chi connectivity index (χ2n) is 7.09. The number of nitrogens with zero attached hydrogens (tertiary/aromatic N) is 2. The summed E-state index contributed by atoms with van der Waals surface area (Å²) in [6.45, 7) is 3.11. The molecule has 1 amide bonds. The van der Waals surface area contributed by atoms with E-state index in [-0.39, 0.29) is 11.9 Å². The SMILES string of the molecule is C[C@@H]1C[C@H]1c1ccc(CCC(=O)N2CCCC[C@@H]2c2nccs2)o1. The molecule has 2 fully saturated rings. The minimum atomic E-state index is 0.172. The summed E-state index contributed by atoms with van der Waals surface area (Å²) in [6.07, 6.45) is 7.59. The Morgan fingerprint density at radius 1 is 1.42 bits per heavy atom. The number of amides is 1. The van der Waals surface area contributed by atoms with Gasteiger partial charge in [0.05, 0.1) is 6.04 Å². The van der Waals surface area contributed by atoms with Crippen LogP contribution in [0.4, 0.5) is 0 Å². The van der Waals surface area contributed by atoms with E-state index in [4.69, 9.17) is 4.42 Å². The van der Waals surface area contributed by atoms with Crippen LogP contribution in [-0.4, -0.2) is 22.3 Å². The average Bonchev–Trinajstić information content (AvgIpc) is 3.03. The Bertz CT molecular complexity index is 694. The summed E-state index contributed by atoms with van der Waals surface area (Å²) in [5, 5.41) is 3.07. The van der Waals surface area contributed by atoms with Crippen molar-refractivity contribution in [3.05, 3.63) is 40.2 Å². The molecule has 24 heavy (non-hydrogen) atoms. The van der Waals surface area contributed by atoms with Crippen molar-refractivity contribution in [2.24, 2.45) is 5.92 Å². The lowest BCUT2D eigenvalue weighted by Crippen LogP contribution is -2.38. The van der Waals surface area contributed by atoms with Crippen molar-refractivity contribution in [1.29, 1.82) is 0 Å². The molecular formula is C19H24N2O2S. The van der Waals surface area contributed by atoms with Gasteiger partial charge in [-0.2, -0.15) is 0 Å². The minimum absolute atomic E-state index is 0.172. The van der Waals surface area contributed by atoms with Crippen molar-refractivity contribution in [2.45, 2.75) is 57.4 Å². The molecule has 0 spiro atoms. The molecule has 0 unspecified atom stereocenters. The van der Waals surface area contributed by atoms with Crippen LogP contribution >= 0.6 is 11.3 Å². The zero-order valence-electron chi connectivity index (χ0n) is 14.1. The minimum Gasteiger partial charge on any atom is -0.466 e. The number of rotatable bonds is 5. The number of hydrogen-bond donors (Lipinski definition) is 0. The summed E-state index contributed by atoms with van der Waals surface area (Å²) in [5.41, 5.74) is 0. The molecule has 128 valence electrons. The van der Waals surface area contributed by atoms with Crippen LogP contribution in [0.3, 0.4) is 0 Å². The molecule has 1 aliphatic heterocycles. The normalized spacial score (nSPS) is 26.5. The Kier molecular flexibility index (Phi) is 4.44. The highest BCUT2D eigenvalue weighted by atomic mass is 32.1. The first kappa shape index (κ1) is 15.9. The molecule has 0 bridgehead atoms. The van der Waals surface area contributed by atoms with Crippen LogP contribution in [0.1, 0.15) is 67.5 Å². The van der Waals surface area contributed by atoms with Gasteiger partial charge in [-0.15, -0.1) is 11.3 Å². The van der Waals surface area contributed by atoms with Crippen molar-refractivity contribution >= 4 is 17.2 Å². The Balaban J connectivity index is 1.37. The summed E-state index contributed by atoms with van der Waals surface area (Å²) in [7, 11) is 0. The maximum Gasteiger partial charge on any atom is 0.223 e. The third-order valence-electron chi connectivity index (χ3n) is 5.30. The molecule has 1 saturated carbocycles. The van der Waals surface area contributed by atoms with Crippen molar-refractivity contribution < 1.29 is 9.21 Å². The number of piperidine rings is 1. The number of aromatic nitrogens is 1. The fourth-order valence-electron chi connectivity index (χ4n) is 3.71. The largest absolute Gasteiger partial charge is 0.466 e. The number of aryl methyl sites for hydroxylation is 1. The van der Waals surface area contributed by atoms with Crippen LogP contribution in [0, 0.1) is 5.92 Å². The fraction of sp³-hybridized carbons (Fsp3) is 0.579. The van der Waals surface area contributed by atoms with Gasteiger partial charge in [-0.25, -0.2) is 4.98 Å². The van der Waals surface area contributed by atoms with Crippen LogP contribution < -0.4 is 0 Å². The zero-order chi connectivity index (χ0) is 16.5. The molecule has 1 aliphatic carbocycles. The Morgan fingerprint density at radius 3 is 3.04 bits per heavy atom. The second-order valence-corrected chi connectivity index (χ2v) is 8.02. The van der Waals surface area contributed by atoms with Gasteiger partial charge in [-0.05, 0) is 43.7 Å². The third kappa shape index (κ3) is 3.27. The maximum atomic E-state index is 12.7. The molecule has 4 nitrogen and oxygen atoms in total. The van der Waals surface area contributed by atoms with E-state index in [1.165, 1.54) is 12.8 Å². The molecule has 3 atom stereocenters. The number of furan rings is 1. The molecule has 2 aromatic heterocycles. The molecule has 4 rings (SSSR count). The summed E-state index contributed by atoms with van der Waals surface area (Å²) < 4.78 is 5.93. The lowest BCUT2D eigenvalue weighted by atomic mass is 10.0. The first-order valence-corrected chi connectivity index (χ1v) is 9.88. The van der Waals surface area contributed by atoms with Crippen LogP contribution in [0.15, 0.2) is 28.1 Å². The molecule has 0 radical (unpaired) electrons. The van der Waals surface area contributed by atoms with Crippen LogP contribution in [0.5, 0.6) is 0 Å². The average molecular weight is 344 g/mol.